The van der Waals surface area contributed by atoms with Gasteiger partial charge >= 0.3 is 0 Å². The minimum Gasteiger partial charge on any atom is -0.496 e. The van der Waals surface area contributed by atoms with Crippen LogP contribution >= 0.6 is 27.5 Å². The minimum atomic E-state index is -0.313. The highest BCUT2D eigenvalue weighted by Gasteiger charge is 2.17. The molecule has 6 heteroatoms. The SMILES string of the molecule is COc1ccc(Cl)cc1CC(NN)c1cc(F)ccc1Br. The number of ether oxygens (including phenoxy) is 1. The fourth-order valence-corrected chi connectivity index (χ4v) is 2.88. The molecule has 0 heterocycles. The quantitative estimate of drug-likeness (QED) is 0.615. The Balaban J connectivity index is 2.35. The van der Waals surface area contributed by atoms with E-state index in [1.54, 1.807) is 25.3 Å². The van der Waals surface area contributed by atoms with Crippen molar-refractivity contribution in [1.29, 1.82) is 0 Å². The first-order valence-corrected chi connectivity index (χ1v) is 7.45. The van der Waals surface area contributed by atoms with Gasteiger partial charge in [0.25, 0.3) is 0 Å². The largest absolute Gasteiger partial charge is 0.496 e. The number of nitrogens with one attached hydrogen (secondary N) is 1. The summed E-state index contributed by atoms with van der Waals surface area (Å²) < 4.78 is 19.6. The van der Waals surface area contributed by atoms with E-state index in [0.29, 0.717) is 17.2 Å². The molecule has 0 saturated carbocycles. The van der Waals surface area contributed by atoms with E-state index >= 15 is 0 Å². The minimum absolute atomic E-state index is 0.276. The predicted molar refractivity (Wildman–Crippen MR) is 85.9 cm³/mol. The molecule has 0 spiro atoms. The highest BCUT2D eigenvalue weighted by molar-refractivity contribution is 9.10. The Hall–Kier alpha value is -1.14. The second-order valence-electron chi connectivity index (χ2n) is 4.55. The van der Waals surface area contributed by atoms with Crippen LogP contribution in [0.5, 0.6) is 5.75 Å². The van der Waals surface area contributed by atoms with E-state index in [-0.39, 0.29) is 11.9 Å². The number of methoxy groups -OCH3 is 1. The fraction of sp³-hybridized carbons (Fsp3) is 0.200. The van der Waals surface area contributed by atoms with Crippen LogP contribution in [0.15, 0.2) is 40.9 Å². The number of halogens is 3. The first-order chi connectivity index (χ1) is 10.0. The first kappa shape index (κ1) is 16.2. The van der Waals surface area contributed by atoms with Gasteiger partial charge in [0, 0.05) is 9.50 Å². The molecule has 0 aromatic heterocycles. The van der Waals surface area contributed by atoms with E-state index in [0.717, 1.165) is 15.6 Å². The maximum atomic E-state index is 13.5. The number of benzene rings is 2. The summed E-state index contributed by atoms with van der Waals surface area (Å²) in [6.45, 7) is 0. The third-order valence-corrected chi connectivity index (χ3v) is 4.16. The van der Waals surface area contributed by atoms with Crippen molar-refractivity contribution in [2.75, 3.05) is 7.11 Å². The van der Waals surface area contributed by atoms with Crippen molar-refractivity contribution < 1.29 is 9.13 Å². The molecule has 1 atom stereocenters. The van der Waals surface area contributed by atoms with Gasteiger partial charge < -0.3 is 4.74 Å². The molecule has 0 aliphatic carbocycles. The summed E-state index contributed by atoms with van der Waals surface area (Å²) in [5, 5.41) is 0.611. The molecule has 0 fully saturated rings. The van der Waals surface area contributed by atoms with E-state index in [2.05, 4.69) is 21.4 Å². The number of hydrazine groups is 1. The molecule has 0 bridgehead atoms. The number of hydrogen-bond acceptors (Lipinski definition) is 3. The molecule has 3 nitrogen and oxygen atoms in total. The monoisotopic (exact) mass is 372 g/mol. The van der Waals surface area contributed by atoms with Gasteiger partial charge in [-0.15, -0.1) is 0 Å². The Bertz CT molecular complexity index is 639. The lowest BCUT2D eigenvalue weighted by atomic mass is 9.98. The van der Waals surface area contributed by atoms with Gasteiger partial charge in [-0.25, -0.2) is 4.39 Å². The molecule has 0 aliphatic rings. The second-order valence-corrected chi connectivity index (χ2v) is 5.84. The Morgan fingerprint density at radius 1 is 1.33 bits per heavy atom. The Labute approximate surface area is 136 Å². The van der Waals surface area contributed by atoms with Gasteiger partial charge in [-0.05, 0) is 53.9 Å². The van der Waals surface area contributed by atoms with Gasteiger partial charge in [0.05, 0.1) is 13.2 Å². The lowest BCUT2D eigenvalue weighted by Crippen LogP contribution is -2.30. The van der Waals surface area contributed by atoms with E-state index in [9.17, 15) is 4.39 Å². The van der Waals surface area contributed by atoms with Gasteiger partial charge in [0.15, 0.2) is 0 Å². The van der Waals surface area contributed by atoms with E-state index < -0.39 is 0 Å². The normalized spacial score (nSPS) is 12.2. The van der Waals surface area contributed by atoms with Crippen LogP contribution in [0, 0.1) is 5.82 Å². The first-order valence-electron chi connectivity index (χ1n) is 6.28. The molecular weight excluding hydrogens is 359 g/mol. The lowest BCUT2D eigenvalue weighted by molar-refractivity contribution is 0.405. The zero-order valence-electron chi connectivity index (χ0n) is 11.4. The van der Waals surface area contributed by atoms with Crippen LogP contribution < -0.4 is 16.0 Å². The summed E-state index contributed by atoms with van der Waals surface area (Å²) in [4.78, 5) is 0. The molecular formula is C15H15BrClFN2O. The van der Waals surface area contributed by atoms with Crippen LogP contribution in [0.25, 0.3) is 0 Å². The third kappa shape index (κ3) is 3.95. The highest BCUT2D eigenvalue weighted by Crippen LogP contribution is 2.30. The van der Waals surface area contributed by atoms with Gasteiger partial charge in [0.1, 0.15) is 11.6 Å². The Kier molecular flexibility index (Phi) is 5.58. The van der Waals surface area contributed by atoms with Crippen molar-refractivity contribution in [1.82, 2.24) is 5.43 Å². The number of hydrogen-bond donors (Lipinski definition) is 2. The van der Waals surface area contributed by atoms with Crippen LogP contribution in [0.1, 0.15) is 17.2 Å². The van der Waals surface area contributed by atoms with Crippen molar-refractivity contribution in [3.05, 3.63) is 62.8 Å². The summed E-state index contributed by atoms with van der Waals surface area (Å²) >= 11 is 9.44. The second kappa shape index (κ2) is 7.22. The maximum absolute atomic E-state index is 13.5. The zero-order chi connectivity index (χ0) is 15.4. The van der Waals surface area contributed by atoms with Crippen LogP contribution in [0.2, 0.25) is 5.02 Å². The van der Waals surface area contributed by atoms with E-state index in [4.69, 9.17) is 22.2 Å². The molecule has 0 saturated heterocycles. The molecule has 3 N–H and O–H groups in total. The highest BCUT2D eigenvalue weighted by atomic mass is 79.9. The van der Waals surface area contributed by atoms with E-state index in [1.807, 2.05) is 6.07 Å². The molecule has 0 aliphatic heterocycles. The molecule has 2 aromatic rings. The Morgan fingerprint density at radius 2 is 2.10 bits per heavy atom. The summed E-state index contributed by atoms with van der Waals surface area (Å²) in [6.07, 6.45) is 0.516. The van der Waals surface area contributed by atoms with Crippen molar-refractivity contribution >= 4 is 27.5 Å². The average molecular weight is 374 g/mol. The van der Waals surface area contributed by atoms with Crippen LogP contribution in [0.4, 0.5) is 4.39 Å². The fourth-order valence-electron chi connectivity index (χ4n) is 2.17. The molecule has 0 radical (unpaired) electrons. The van der Waals surface area contributed by atoms with Gasteiger partial charge in [-0.1, -0.05) is 27.5 Å². The molecule has 2 rings (SSSR count). The van der Waals surface area contributed by atoms with Gasteiger partial charge in [-0.2, -0.15) is 0 Å². The van der Waals surface area contributed by atoms with Crippen molar-refractivity contribution in [2.45, 2.75) is 12.5 Å². The topological polar surface area (TPSA) is 47.3 Å². The molecule has 1 unspecified atom stereocenters. The van der Waals surface area contributed by atoms with Crippen LogP contribution in [-0.2, 0) is 6.42 Å². The van der Waals surface area contributed by atoms with Crippen LogP contribution in [0.3, 0.4) is 0 Å². The van der Waals surface area contributed by atoms with E-state index in [1.165, 1.54) is 12.1 Å². The predicted octanol–water partition coefficient (Wildman–Crippen LogP) is 4.00. The average Bonchev–Trinajstić information content (AvgIpc) is 2.47. The molecule has 21 heavy (non-hydrogen) atoms. The smallest absolute Gasteiger partial charge is 0.123 e. The maximum Gasteiger partial charge on any atom is 0.123 e. The third-order valence-electron chi connectivity index (χ3n) is 3.20. The molecule has 112 valence electrons. The van der Waals surface area contributed by atoms with Crippen molar-refractivity contribution in [3.63, 3.8) is 0 Å². The van der Waals surface area contributed by atoms with Gasteiger partial charge in [0.2, 0.25) is 0 Å². The number of nitrogens with two attached hydrogens (primary N) is 1. The number of rotatable bonds is 5. The Morgan fingerprint density at radius 3 is 2.76 bits per heavy atom. The standard InChI is InChI=1S/C15H15BrClFN2O/c1-21-15-5-2-10(17)6-9(15)7-14(20-19)12-8-11(18)3-4-13(12)16/h2-6,8,14,20H,7,19H2,1H3. The summed E-state index contributed by atoms with van der Waals surface area (Å²) in [7, 11) is 1.59. The summed E-state index contributed by atoms with van der Waals surface area (Å²) in [5.74, 6) is 6.04. The van der Waals surface area contributed by atoms with Crippen molar-refractivity contribution in [3.8, 4) is 5.75 Å². The van der Waals surface area contributed by atoms with Crippen LogP contribution in [-0.4, -0.2) is 7.11 Å². The zero-order valence-corrected chi connectivity index (χ0v) is 13.7. The summed E-state index contributed by atoms with van der Waals surface area (Å²) in [5.41, 5.74) is 4.34. The molecule has 0 amide bonds. The summed E-state index contributed by atoms with van der Waals surface area (Å²) in [6, 6.07) is 9.59. The molecule has 2 aromatic carbocycles. The van der Waals surface area contributed by atoms with Gasteiger partial charge in [-0.3, -0.25) is 11.3 Å². The van der Waals surface area contributed by atoms with Crippen molar-refractivity contribution in [2.24, 2.45) is 5.84 Å². The lowest BCUT2D eigenvalue weighted by Gasteiger charge is -2.19.